The molecule has 0 saturated heterocycles. The summed E-state index contributed by atoms with van der Waals surface area (Å²) in [5, 5.41) is 16.5. The highest BCUT2D eigenvalue weighted by Crippen LogP contribution is 2.24. The van der Waals surface area contributed by atoms with Gasteiger partial charge in [-0.05, 0) is 38.0 Å². The summed E-state index contributed by atoms with van der Waals surface area (Å²) < 4.78 is 6.52. The maximum Gasteiger partial charge on any atom is 0.331 e. The van der Waals surface area contributed by atoms with E-state index in [2.05, 4.69) is 16.5 Å². The molecule has 0 aliphatic heterocycles. The van der Waals surface area contributed by atoms with E-state index in [1.54, 1.807) is 18.5 Å². The van der Waals surface area contributed by atoms with Crippen molar-refractivity contribution in [3.63, 3.8) is 0 Å². The third kappa shape index (κ3) is 5.46. The molecule has 0 saturated carbocycles. The number of para-hydroxylation sites is 1. The summed E-state index contributed by atoms with van der Waals surface area (Å²) in [7, 11) is 0. The fourth-order valence-corrected chi connectivity index (χ4v) is 2.74. The summed E-state index contributed by atoms with van der Waals surface area (Å²) in [6, 6.07) is 11.4. The van der Waals surface area contributed by atoms with Crippen molar-refractivity contribution in [3.8, 4) is 11.8 Å². The topological polar surface area (TPSA) is 97.0 Å². The Labute approximate surface area is 174 Å². The van der Waals surface area contributed by atoms with Gasteiger partial charge in [0.05, 0.1) is 17.5 Å². The van der Waals surface area contributed by atoms with Crippen LogP contribution < -0.4 is 5.32 Å². The summed E-state index contributed by atoms with van der Waals surface area (Å²) >= 11 is 6.40. The quantitative estimate of drug-likeness (QED) is 0.552. The largest absolute Gasteiger partial charge is 0.452 e. The predicted octanol–water partition coefficient (Wildman–Crippen LogP) is 3.45. The number of esters is 1. The molecule has 1 amide bonds. The summed E-state index contributed by atoms with van der Waals surface area (Å²) in [6.45, 7) is 6.55. The summed E-state index contributed by atoms with van der Waals surface area (Å²) in [5.41, 5.74) is 0.983. The van der Waals surface area contributed by atoms with E-state index in [1.807, 2.05) is 44.2 Å². The second kappa shape index (κ2) is 9.39. The third-order valence-electron chi connectivity index (χ3n) is 4.57. The molecule has 0 aliphatic rings. The first kappa shape index (κ1) is 22.2. The van der Waals surface area contributed by atoms with Gasteiger partial charge in [0.2, 0.25) is 0 Å². The average molecular weight is 415 g/mol. The van der Waals surface area contributed by atoms with Gasteiger partial charge in [0.15, 0.2) is 6.61 Å². The normalized spacial score (nSPS) is 13.1. The molecule has 2 aromatic rings. The number of nitrogens with one attached hydrogen (secondary N) is 1. The minimum atomic E-state index is -1.03. The average Bonchev–Trinajstić information content (AvgIpc) is 2.98. The van der Waals surface area contributed by atoms with Crippen LogP contribution in [0.5, 0.6) is 0 Å². The molecule has 2 rings (SSSR count). The number of rotatable bonds is 7. The number of aromatic nitrogens is 2. The van der Waals surface area contributed by atoms with E-state index in [0.717, 1.165) is 5.69 Å². The van der Waals surface area contributed by atoms with Crippen molar-refractivity contribution in [3.05, 3.63) is 52.8 Å². The summed E-state index contributed by atoms with van der Waals surface area (Å²) in [5.74, 6) is -1.35. The first-order chi connectivity index (χ1) is 13.7. The first-order valence-electron chi connectivity index (χ1n) is 9.05. The van der Waals surface area contributed by atoms with Crippen molar-refractivity contribution in [2.24, 2.45) is 5.92 Å². The third-order valence-corrected chi connectivity index (χ3v) is 4.93. The van der Waals surface area contributed by atoms with Gasteiger partial charge in [0.25, 0.3) is 5.91 Å². The number of halogens is 1. The van der Waals surface area contributed by atoms with Gasteiger partial charge in [-0.2, -0.15) is 10.4 Å². The lowest BCUT2D eigenvalue weighted by molar-refractivity contribution is -0.144. The van der Waals surface area contributed by atoms with Crippen LogP contribution in [0.1, 0.15) is 32.0 Å². The van der Waals surface area contributed by atoms with Gasteiger partial charge < -0.3 is 10.1 Å². The van der Waals surface area contributed by atoms with E-state index in [-0.39, 0.29) is 5.92 Å². The number of amides is 1. The molecule has 1 heterocycles. The lowest BCUT2D eigenvalue weighted by Gasteiger charge is -2.27. The van der Waals surface area contributed by atoms with Crippen molar-refractivity contribution in [1.29, 1.82) is 5.26 Å². The fraction of sp³-hybridized carbons (Fsp3) is 0.333. The van der Waals surface area contributed by atoms with Crippen LogP contribution >= 0.6 is 11.6 Å². The van der Waals surface area contributed by atoms with Crippen LogP contribution in [0.2, 0.25) is 5.15 Å². The highest BCUT2D eigenvalue weighted by Gasteiger charge is 2.30. The Kier molecular flexibility index (Phi) is 7.18. The van der Waals surface area contributed by atoms with E-state index in [0.29, 0.717) is 16.4 Å². The van der Waals surface area contributed by atoms with E-state index in [9.17, 15) is 14.9 Å². The van der Waals surface area contributed by atoms with Gasteiger partial charge in [-0.25, -0.2) is 9.48 Å². The molecule has 0 radical (unpaired) electrons. The van der Waals surface area contributed by atoms with Crippen LogP contribution in [0.15, 0.2) is 36.4 Å². The molecule has 0 spiro atoms. The molecule has 1 N–H and O–H groups in total. The zero-order valence-corrected chi connectivity index (χ0v) is 17.5. The molecule has 0 fully saturated rings. The monoisotopic (exact) mass is 414 g/mol. The molecule has 0 bridgehead atoms. The predicted molar refractivity (Wildman–Crippen MR) is 110 cm³/mol. The zero-order valence-electron chi connectivity index (χ0n) is 16.8. The van der Waals surface area contributed by atoms with E-state index >= 15 is 0 Å². The van der Waals surface area contributed by atoms with Crippen LogP contribution in [0.4, 0.5) is 0 Å². The lowest BCUT2D eigenvalue weighted by atomic mass is 9.90. The highest BCUT2D eigenvalue weighted by molar-refractivity contribution is 6.31. The minimum Gasteiger partial charge on any atom is -0.452 e. The standard InChI is InChI=1S/C21H23ClN4O3/c1-14(2)21(4,13-23)24-18(27)12-29-19(28)11-10-17-15(3)25-26(20(17)22)16-8-6-5-7-9-16/h5-11,14H,12H2,1-4H3,(H,24,27)/b11-10+/t21-/m1/s1. The SMILES string of the molecule is Cc1nn(-c2ccccc2)c(Cl)c1/C=C/C(=O)OCC(=O)N[C@](C)(C#N)C(C)C. The molecular formula is C21H23ClN4O3. The molecule has 1 aromatic heterocycles. The van der Waals surface area contributed by atoms with Crippen LogP contribution in [0, 0.1) is 24.2 Å². The van der Waals surface area contributed by atoms with Crippen molar-refractivity contribution in [1.82, 2.24) is 15.1 Å². The summed E-state index contributed by atoms with van der Waals surface area (Å²) in [6.07, 6.45) is 2.68. The van der Waals surface area contributed by atoms with Crippen molar-refractivity contribution in [2.45, 2.75) is 33.2 Å². The maximum absolute atomic E-state index is 12.0. The van der Waals surface area contributed by atoms with Crippen molar-refractivity contribution < 1.29 is 14.3 Å². The number of nitrogens with zero attached hydrogens (tertiary/aromatic N) is 3. The van der Waals surface area contributed by atoms with E-state index in [4.69, 9.17) is 16.3 Å². The van der Waals surface area contributed by atoms with Gasteiger partial charge in [-0.3, -0.25) is 4.79 Å². The molecule has 0 aliphatic carbocycles. The number of carbonyl (C=O) groups excluding carboxylic acids is 2. The smallest absolute Gasteiger partial charge is 0.331 e. The molecule has 0 unspecified atom stereocenters. The van der Waals surface area contributed by atoms with Crippen LogP contribution in [-0.2, 0) is 14.3 Å². The lowest BCUT2D eigenvalue weighted by Crippen LogP contribution is -2.50. The van der Waals surface area contributed by atoms with Gasteiger partial charge >= 0.3 is 5.97 Å². The Morgan fingerprint density at radius 3 is 2.62 bits per heavy atom. The van der Waals surface area contributed by atoms with Crippen LogP contribution in [-0.4, -0.2) is 33.8 Å². The van der Waals surface area contributed by atoms with Gasteiger partial charge in [-0.1, -0.05) is 43.6 Å². The highest BCUT2D eigenvalue weighted by atomic mass is 35.5. The molecule has 152 valence electrons. The number of hydrogen-bond acceptors (Lipinski definition) is 5. The van der Waals surface area contributed by atoms with Crippen molar-refractivity contribution in [2.75, 3.05) is 6.61 Å². The number of hydrogen-bond donors (Lipinski definition) is 1. The minimum absolute atomic E-state index is 0.0988. The Hall–Kier alpha value is -3.11. The molecule has 1 aromatic carbocycles. The second-order valence-electron chi connectivity index (χ2n) is 7.00. The van der Waals surface area contributed by atoms with E-state index < -0.39 is 24.0 Å². The molecule has 8 heteroatoms. The Morgan fingerprint density at radius 2 is 2.03 bits per heavy atom. The van der Waals surface area contributed by atoms with E-state index in [1.165, 1.54) is 12.2 Å². The van der Waals surface area contributed by atoms with Crippen LogP contribution in [0.3, 0.4) is 0 Å². The maximum atomic E-state index is 12.0. The first-order valence-corrected chi connectivity index (χ1v) is 9.43. The number of ether oxygens (including phenoxy) is 1. The van der Waals surface area contributed by atoms with Gasteiger partial charge in [-0.15, -0.1) is 0 Å². The van der Waals surface area contributed by atoms with Gasteiger partial charge in [0, 0.05) is 11.6 Å². The molecule has 29 heavy (non-hydrogen) atoms. The van der Waals surface area contributed by atoms with Gasteiger partial charge in [0.1, 0.15) is 10.7 Å². The summed E-state index contributed by atoms with van der Waals surface area (Å²) in [4.78, 5) is 23.9. The fourth-order valence-electron chi connectivity index (χ4n) is 2.40. The number of nitriles is 1. The zero-order chi connectivity index (χ0) is 21.6. The van der Waals surface area contributed by atoms with Crippen molar-refractivity contribution >= 4 is 29.6 Å². The molecular weight excluding hydrogens is 392 g/mol. The number of benzene rings is 1. The van der Waals surface area contributed by atoms with Crippen LogP contribution in [0.25, 0.3) is 11.8 Å². The number of aryl methyl sites for hydroxylation is 1. The Morgan fingerprint density at radius 1 is 1.38 bits per heavy atom. The molecule has 7 nitrogen and oxygen atoms in total. The second-order valence-corrected chi connectivity index (χ2v) is 7.35. The Balaban J connectivity index is 2.01. The Bertz CT molecular complexity index is 960. The molecule has 1 atom stereocenters. The number of carbonyl (C=O) groups is 2.